The Bertz CT molecular complexity index is 449. The number of halogens is 4. The first-order valence-corrected chi connectivity index (χ1v) is 5.14. The fourth-order valence-electron chi connectivity index (χ4n) is 0.989. The lowest BCUT2D eigenvalue weighted by molar-refractivity contribution is -0.275. The van der Waals surface area contributed by atoms with E-state index in [0.717, 1.165) is 0 Å². The molecule has 5 nitrogen and oxygen atoms in total. The summed E-state index contributed by atoms with van der Waals surface area (Å²) in [5.74, 6) is -3.21. The lowest BCUT2D eigenvalue weighted by atomic mass is 10.2. The van der Waals surface area contributed by atoms with Gasteiger partial charge in [0.1, 0.15) is 0 Å². The van der Waals surface area contributed by atoms with E-state index >= 15 is 0 Å². The molecule has 0 fully saturated rings. The molecule has 94 valence electrons. The van der Waals surface area contributed by atoms with Crippen molar-refractivity contribution < 1.29 is 32.9 Å². The second kappa shape index (κ2) is 4.78. The van der Waals surface area contributed by atoms with Crippen LogP contribution in [-0.2, 0) is 5.33 Å². The number of alkyl halides is 4. The van der Waals surface area contributed by atoms with Gasteiger partial charge in [0.05, 0.1) is 5.69 Å². The molecular weight excluding hydrogens is 311 g/mol. The predicted molar refractivity (Wildman–Crippen MR) is 52.2 cm³/mol. The average Bonchev–Trinajstić information content (AvgIpc) is 2.14. The van der Waals surface area contributed by atoms with Crippen LogP contribution in [0.4, 0.5) is 13.2 Å². The van der Waals surface area contributed by atoms with E-state index in [1.54, 1.807) is 0 Å². The number of carboxylic acid groups (broad SMARTS) is 1. The van der Waals surface area contributed by atoms with Crippen LogP contribution in [0.25, 0.3) is 0 Å². The molecule has 1 aromatic heterocycles. The van der Waals surface area contributed by atoms with Gasteiger partial charge in [-0.2, -0.15) is 0 Å². The summed E-state index contributed by atoms with van der Waals surface area (Å²) in [5.41, 5.74) is -1.02. The third kappa shape index (κ3) is 3.48. The molecule has 0 aliphatic carbocycles. The number of pyridine rings is 1. The highest BCUT2D eigenvalue weighted by Gasteiger charge is 2.33. The minimum atomic E-state index is -4.95. The number of carbonyl (C=O) groups is 1. The van der Waals surface area contributed by atoms with Crippen LogP contribution < -0.4 is 4.74 Å². The number of hydrogen-bond acceptors (Lipinski definition) is 4. The van der Waals surface area contributed by atoms with Crippen LogP contribution in [0.3, 0.4) is 0 Å². The summed E-state index contributed by atoms with van der Waals surface area (Å²) >= 11 is 2.84. The lowest BCUT2D eigenvalue weighted by Crippen LogP contribution is -2.19. The zero-order chi connectivity index (χ0) is 13.2. The van der Waals surface area contributed by atoms with Gasteiger partial charge in [-0.05, 0) is 0 Å². The number of aromatic carboxylic acids is 1. The van der Waals surface area contributed by atoms with Gasteiger partial charge in [-0.25, -0.2) is 9.78 Å². The number of aromatic nitrogens is 1. The van der Waals surface area contributed by atoms with Gasteiger partial charge in [-0.1, -0.05) is 15.9 Å². The third-order valence-electron chi connectivity index (χ3n) is 1.60. The first-order chi connectivity index (χ1) is 7.74. The van der Waals surface area contributed by atoms with Crippen molar-refractivity contribution in [3.63, 3.8) is 0 Å². The van der Waals surface area contributed by atoms with Crippen molar-refractivity contribution in [3.05, 3.63) is 17.5 Å². The van der Waals surface area contributed by atoms with E-state index in [4.69, 9.17) is 5.11 Å². The smallest absolute Gasteiger partial charge is 0.505 e. The van der Waals surface area contributed by atoms with Crippen LogP contribution in [0.2, 0.25) is 0 Å². The van der Waals surface area contributed by atoms with Crippen molar-refractivity contribution in [2.45, 2.75) is 11.7 Å². The molecule has 1 rings (SSSR count). The zero-order valence-electron chi connectivity index (χ0n) is 7.95. The maximum Gasteiger partial charge on any atom is 0.573 e. The molecule has 17 heavy (non-hydrogen) atoms. The molecule has 0 amide bonds. The van der Waals surface area contributed by atoms with Gasteiger partial charge in [-0.15, -0.1) is 13.2 Å². The van der Waals surface area contributed by atoms with Crippen LogP contribution in [0.1, 0.15) is 16.2 Å². The second-order valence-corrected chi connectivity index (χ2v) is 3.35. The van der Waals surface area contributed by atoms with Gasteiger partial charge in [-0.3, -0.25) is 0 Å². The molecule has 0 aromatic carbocycles. The van der Waals surface area contributed by atoms with E-state index in [1.807, 2.05) is 0 Å². The number of ether oxygens (including phenoxy) is 1. The van der Waals surface area contributed by atoms with Gasteiger partial charge in [0.25, 0.3) is 0 Å². The number of aromatic hydroxyl groups is 1. The Morgan fingerprint density at radius 3 is 2.53 bits per heavy atom. The molecule has 0 unspecified atom stereocenters. The highest BCUT2D eigenvalue weighted by molar-refractivity contribution is 9.08. The summed E-state index contributed by atoms with van der Waals surface area (Å²) in [6, 6.07) is 0.556. The molecule has 0 aliphatic heterocycles. The van der Waals surface area contributed by atoms with E-state index < -0.39 is 29.5 Å². The Morgan fingerprint density at radius 2 is 2.12 bits per heavy atom. The topological polar surface area (TPSA) is 79.7 Å². The molecule has 0 bridgehead atoms. The molecule has 9 heteroatoms. The van der Waals surface area contributed by atoms with Gasteiger partial charge in [0.15, 0.2) is 17.2 Å². The van der Waals surface area contributed by atoms with Crippen molar-refractivity contribution in [2.75, 3.05) is 0 Å². The van der Waals surface area contributed by atoms with E-state index in [2.05, 4.69) is 25.7 Å². The average molecular weight is 316 g/mol. The van der Waals surface area contributed by atoms with Gasteiger partial charge in [0.2, 0.25) is 0 Å². The highest BCUT2D eigenvalue weighted by Crippen LogP contribution is 2.31. The van der Waals surface area contributed by atoms with Crippen molar-refractivity contribution in [3.8, 4) is 11.5 Å². The van der Waals surface area contributed by atoms with Crippen LogP contribution in [0.5, 0.6) is 11.5 Å². The largest absolute Gasteiger partial charge is 0.573 e. The van der Waals surface area contributed by atoms with Crippen molar-refractivity contribution in [2.24, 2.45) is 0 Å². The summed E-state index contributed by atoms with van der Waals surface area (Å²) in [4.78, 5) is 13.9. The summed E-state index contributed by atoms with van der Waals surface area (Å²) in [6.45, 7) is 0. The molecule has 0 radical (unpaired) electrons. The molecule has 1 heterocycles. The molecule has 0 atom stereocenters. The molecule has 1 aromatic rings. The second-order valence-electron chi connectivity index (χ2n) is 2.79. The normalized spacial score (nSPS) is 11.3. The summed E-state index contributed by atoms with van der Waals surface area (Å²) in [7, 11) is 0. The number of hydrogen-bond donors (Lipinski definition) is 2. The monoisotopic (exact) mass is 315 g/mol. The Morgan fingerprint density at radius 1 is 1.53 bits per heavy atom. The number of rotatable bonds is 3. The fraction of sp³-hybridized carbons (Fsp3) is 0.250. The maximum atomic E-state index is 12.0. The number of carboxylic acids is 1. The quantitative estimate of drug-likeness (QED) is 0.836. The van der Waals surface area contributed by atoms with Crippen LogP contribution >= 0.6 is 15.9 Å². The van der Waals surface area contributed by atoms with Crippen molar-refractivity contribution in [1.82, 2.24) is 4.98 Å². The van der Waals surface area contributed by atoms with Crippen LogP contribution in [0, 0.1) is 0 Å². The standard InChI is InChI=1S/C8H5BrF3NO4/c9-2-3-5(17-8(10,11)12)1-4(14)6(13-3)7(15)16/h1,14H,2H2,(H,15,16). The number of nitrogens with zero attached hydrogens (tertiary/aromatic N) is 1. The Kier molecular flexibility index (Phi) is 3.81. The summed E-state index contributed by atoms with van der Waals surface area (Å²) < 4.78 is 39.5. The molecule has 0 saturated carbocycles. The zero-order valence-corrected chi connectivity index (χ0v) is 9.54. The first-order valence-electron chi connectivity index (χ1n) is 4.02. The molecular formula is C8H5BrF3NO4. The van der Waals surface area contributed by atoms with E-state index in [1.165, 1.54) is 0 Å². The van der Waals surface area contributed by atoms with Crippen LogP contribution in [-0.4, -0.2) is 27.5 Å². The lowest BCUT2D eigenvalue weighted by Gasteiger charge is -2.12. The van der Waals surface area contributed by atoms with Crippen molar-refractivity contribution >= 4 is 21.9 Å². The molecule has 0 aliphatic rings. The fourth-order valence-corrected chi connectivity index (χ4v) is 1.39. The predicted octanol–water partition coefficient (Wildman–Crippen LogP) is 2.28. The Balaban J connectivity index is 3.24. The van der Waals surface area contributed by atoms with Crippen molar-refractivity contribution in [1.29, 1.82) is 0 Å². The summed E-state index contributed by atoms with van der Waals surface area (Å²) in [5, 5.41) is 17.6. The SMILES string of the molecule is O=C(O)c1nc(CBr)c(OC(F)(F)F)cc1O. The minimum absolute atomic E-state index is 0.154. The highest BCUT2D eigenvalue weighted by atomic mass is 79.9. The third-order valence-corrected chi connectivity index (χ3v) is 2.13. The van der Waals surface area contributed by atoms with Gasteiger partial charge in [0, 0.05) is 11.4 Å². The van der Waals surface area contributed by atoms with Gasteiger partial charge < -0.3 is 14.9 Å². The molecule has 2 N–H and O–H groups in total. The molecule has 0 spiro atoms. The van der Waals surface area contributed by atoms with E-state index in [-0.39, 0.29) is 11.0 Å². The first kappa shape index (κ1) is 13.6. The Hall–Kier alpha value is -1.51. The minimum Gasteiger partial charge on any atom is -0.505 e. The maximum absolute atomic E-state index is 12.0. The molecule has 0 saturated heterocycles. The Labute approximate surface area is 101 Å². The van der Waals surface area contributed by atoms with Gasteiger partial charge >= 0.3 is 12.3 Å². The summed E-state index contributed by atoms with van der Waals surface area (Å²) in [6.07, 6.45) is -4.95. The van der Waals surface area contributed by atoms with E-state index in [0.29, 0.717) is 6.07 Å². The van der Waals surface area contributed by atoms with E-state index in [9.17, 15) is 23.1 Å². The van der Waals surface area contributed by atoms with Crippen LogP contribution in [0.15, 0.2) is 6.07 Å².